The molecule has 0 spiro atoms. The minimum atomic E-state index is -0.545. The Morgan fingerprint density at radius 2 is 2.21 bits per heavy atom. The number of carbonyl (C=O) groups excluding carboxylic acids is 1. The third-order valence-corrected chi connectivity index (χ3v) is 5.81. The second kappa shape index (κ2) is 7.69. The molecule has 0 saturated carbocycles. The molecular weight excluding hydrogens is 404 g/mol. The molecule has 144 valence electrons. The Balaban J connectivity index is 1.53. The summed E-state index contributed by atoms with van der Waals surface area (Å²) in [7, 11) is 0. The number of carbonyl (C=O) groups is 1. The topological polar surface area (TPSA) is 102 Å². The largest absolute Gasteiger partial charge is 0.420 e. The number of non-ortho nitro benzene ring substituents is 1. The SMILES string of the molecule is O=C(c1cc([N+](=O)[O-])ccc1Cl)N1CCCC(c2nnc(-c3cccs3)o2)C1. The van der Waals surface area contributed by atoms with Gasteiger partial charge in [0.25, 0.3) is 17.5 Å². The summed E-state index contributed by atoms with van der Waals surface area (Å²) in [4.78, 5) is 25.9. The first kappa shape index (κ1) is 18.6. The van der Waals surface area contributed by atoms with Gasteiger partial charge in [-0.05, 0) is 30.4 Å². The van der Waals surface area contributed by atoms with Crippen molar-refractivity contribution in [2.24, 2.45) is 0 Å². The van der Waals surface area contributed by atoms with Gasteiger partial charge in [0, 0.05) is 25.2 Å². The van der Waals surface area contributed by atoms with Crippen LogP contribution in [0.1, 0.15) is 35.0 Å². The zero-order chi connectivity index (χ0) is 19.7. The molecule has 0 aliphatic carbocycles. The van der Waals surface area contributed by atoms with Gasteiger partial charge in [-0.1, -0.05) is 17.7 Å². The number of halogens is 1. The molecule has 1 aromatic carbocycles. The highest BCUT2D eigenvalue weighted by Crippen LogP contribution is 2.31. The second-order valence-electron chi connectivity index (χ2n) is 6.43. The maximum absolute atomic E-state index is 12.9. The number of piperidine rings is 1. The summed E-state index contributed by atoms with van der Waals surface area (Å²) in [6.45, 7) is 0.935. The van der Waals surface area contributed by atoms with Crippen LogP contribution in [0.5, 0.6) is 0 Å². The number of hydrogen-bond donors (Lipinski definition) is 0. The molecule has 3 aromatic rings. The molecule has 1 amide bonds. The number of amides is 1. The average Bonchev–Trinajstić information content (AvgIpc) is 3.39. The van der Waals surface area contributed by atoms with Crippen LogP contribution in [-0.4, -0.2) is 39.0 Å². The predicted octanol–water partition coefficient (Wildman–Crippen LogP) is 4.38. The van der Waals surface area contributed by atoms with E-state index in [0.717, 1.165) is 17.7 Å². The highest BCUT2D eigenvalue weighted by Gasteiger charge is 2.30. The summed E-state index contributed by atoms with van der Waals surface area (Å²) in [5.74, 6) is 0.536. The smallest absolute Gasteiger partial charge is 0.270 e. The number of likely N-dealkylation sites (tertiary alicyclic amines) is 1. The zero-order valence-corrected chi connectivity index (χ0v) is 16.2. The fraction of sp³-hybridized carbons (Fsp3) is 0.278. The van der Waals surface area contributed by atoms with Crippen molar-refractivity contribution in [3.05, 3.63) is 62.3 Å². The highest BCUT2D eigenvalue weighted by atomic mass is 35.5. The van der Waals surface area contributed by atoms with Crippen LogP contribution in [-0.2, 0) is 0 Å². The summed E-state index contributed by atoms with van der Waals surface area (Å²) in [5, 5.41) is 21.4. The fourth-order valence-corrected chi connectivity index (χ4v) is 4.07. The van der Waals surface area contributed by atoms with Gasteiger partial charge in [0.15, 0.2) is 0 Å². The number of nitro groups is 1. The lowest BCUT2D eigenvalue weighted by Gasteiger charge is -2.31. The molecule has 1 aliphatic rings. The lowest BCUT2D eigenvalue weighted by atomic mass is 9.97. The molecule has 10 heteroatoms. The molecule has 0 radical (unpaired) electrons. The van der Waals surface area contributed by atoms with E-state index in [4.69, 9.17) is 16.0 Å². The molecule has 8 nitrogen and oxygen atoms in total. The molecule has 1 saturated heterocycles. The summed E-state index contributed by atoms with van der Waals surface area (Å²) < 4.78 is 5.81. The van der Waals surface area contributed by atoms with Gasteiger partial charge in [0.05, 0.1) is 26.3 Å². The van der Waals surface area contributed by atoms with Crippen LogP contribution in [0.2, 0.25) is 5.02 Å². The van der Waals surface area contributed by atoms with E-state index < -0.39 is 4.92 Å². The molecule has 1 aliphatic heterocycles. The number of aromatic nitrogens is 2. The van der Waals surface area contributed by atoms with Crippen molar-refractivity contribution >= 4 is 34.5 Å². The van der Waals surface area contributed by atoms with Gasteiger partial charge >= 0.3 is 0 Å². The summed E-state index contributed by atoms with van der Waals surface area (Å²) >= 11 is 7.63. The number of hydrogen-bond acceptors (Lipinski definition) is 7. The Labute approximate surface area is 168 Å². The highest BCUT2D eigenvalue weighted by molar-refractivity contribution is 7.13. The number of thiophene rings is 1. The number of benzene rings is 1. The van der Waals surface area contributed by atoms with Crippen molar-refractivity contribution in [3.63, 3.8) is 0 Å². The van der Waals surface area contributed by atoms with E-state index >= 15 is 0 Å². The van der Waals surface area contributed by atoms with Crippen molar-refractivity contribution in [1.29, 1.82) is 0 Å². The first-order chi connectivity index (χ1) is 13.5. The van der Waals surface area contributed by atoms with Gasteiger partial charge in [-0.2, -0.15) is 0 Å². The third kappa shape index (κ3) is 3.63. The van der Waals surface area contributed by atoms with Crippen LogP contribution in [0.4, 0.5) is 5.69 Å². The maximum atomic E-state index is 12.9. The Morgan fingerprint density at radius 3 is 2.96 bits per heavy atom. The first-order valence-electron chi connectivity index (χ1n) is 8.63. The minimum Gasteiger partial charge on any atom is -0.420 e. The van der Waals surface area contributed by atoms with E-state index in [1.807, 2.05) is 17.5 Å². The number of nitrogens with zero attached hydrogens (tertiary/aromatic N) is 4. The average molecular weight is 419 g/mol. The minimum absolute atomic E-state index is 0.0867. The zero-order valence-electron chi connectivity index (χ0n) is 14.6. The summed E-state index contributed by atoms with van der Waals surface area (Å²) in [6.07, 6.45) is 1.58. The summed E-state index contributed by atoms with van der Waals surface area (Å²) in [6, 6.07) is 7.69. The quantitative estimate of drug-likeness (QED) is 0.460. The van der Waals surface area contributed by atoms with Gasteiger partial charge in [-0.3, -0.25) is 14.9 Å². The predicted molar refractivity (Wildman–Crippen MR) is 104 cm³/mol. The van der Waals surface area contributed by atoms with Crippen molar-refractivity contribution < 1.29 is 14.1 Å². The third-order valence-electron chi connectivity index (χ3n) is 4.62. The first-order valence-corrected chi connectivity index (χ1v) is 9.89. The Bertz CT molecular complexity index is 1020. The second-order valence-corrected chi connectivity index (χ2v) is 7.79. The number of rotatable bonds is 4. The van der Waals surface area contributed by atoms with Crippen molar-refractivity contribution in [2.45, 2.75) is 18.8 Å². The monoisotopic (exact) mass is 418 g/mol. The van der Waals surface area contributed by atoms with Gasteiger partial charge in [-0.15, -0.1) is 21.5 Å². The van der Waals surface area contributed by atoms with E-state index in [-0.39, 0.29) is 28.1 Å². The number of nitro benzene ring substituents is 1. The molecule has 1 fully saturated rings. The molecular formula is C18H15ClN4O4S. The van der Waals surface area contributed by atoms with Gasteiger partial charge in [-0.25, -0.2) is 0 Å². The van der Waals surface area contributed by atoms with Gasteiger partial charge in [0.1, 0.15) is 0 Å². The molecule has 4 rings (SSSR count). The lowest BCUT2D eigenvalue weighted by molar-refractivity contribution is -0.384. The fourth-order valence-electron chi connectivity index (χ4n) is 3.22. The van der Waals surface area contributed by atoms with Crippen molar-refractivity contribution in [3.8, 4) is 10.8 Å². The van der Waals surface area contributed by atoms with Gasteiger partial charge in [0.2, 0.25) is 5.89 Å². The maximum Gasteiger partial charge on any atom is 0.270 e. The van der Waals surface area contributed by atoms with E-state index in [2.05, 4.69) is 10.2 Å². The van der Waals surface area contributed by atoms with E-state index in [1.54, 1.807) is 4.90 Å². The van der Waals surface area contributed by atoms with E-state index in [9.17, 15) is 14.9 Å². The molecule has 28 heavy (non-hydrogen) atoms. The van der Waals surface area contributed by atoms with Crippen LogP contribution in [0.25, 0.3) is 10.8 Å². The molecule has 0 N–H and O–H groups in total. The summed E-state index contributed by atoms with van der Waals surface area (Å²) in [5.41, 5.74) is -0.0416. The molecule has 0 bridgehead atoms. The lowest BCUT2D eigenvalue weighted by Crippen LogP contribution is -2.39. The van der Waals surface area contributed by atoms with Crippen LogP contribution in [0, 0.1) is 10.1 Å². The molecule has 1 unspecified atom stereocenters. The van der Waals surface area contributed by atoms with Crippen molar-refractivity contribution in [1.82, 2.24) is 15.1 Å². The van der Waals surface area contributed by atoms with Gasteiger partial charge < -0.3 is 9.32 Å². The molecule has 2 aromatic heterocycles. The van der Waals surface area contributed by atoms with Crippen LogP contribution >= 0.6 is 22.9 Å². The van der Waals surface area contributed by atoms with E-state index in [0.29, 0.717) is 24.9 Å². The van der Waals surface area contributed by atoms with Crippen LogP contribution in [0.15, 0.2) is 40.1 Å². The normalized spacial score (nSPS) is 16.9. The van der Waals surface area contributed by atoms with Crippen molar-refractivity contribution in [2.75, 3.05) is 13.1 Å². The Morgan fingerprint density at radius 1 is 1.36 bits per heavy atom. The Kier molecular flexibility index (Phi) is 5.10. The molecule has 3 heterocycles. The standard InChI is InChI=1S/C18H15ClN4O4S/c19-14-6-5-12(23(25)26)9-13(14)18(24)22-7-1-3-11(10-22)16-20-21-17(27-16)15-4-2-8-28-15/h2,4-6,8-9,11H,1,3,7,10H2. The molecule has 1 atom stereocenters. The van der Waals surface area contributed by atoms with E-state index in [1.165, 1.54) is 29.5 Å². The van der Waals surface area contributed by atoms with Crippen LogP contribution < -0.4 is 0 Å². The van der Waals surface area contributed by atoms with Crippen LogP contribution in [0.3, 0.4) is 0 Å². The Hall–Kier alpha value is -2.78.